The highest BCUT2D eigenvalue weighted by Crippen LogP contribution is 2.08. The fraction of sp³-hybridized carbons (Fsp3) is 0.600. The van der Waals surface area contributed by atoms with E-state index in [4.69, 9.17) is 5.11 Å². The summed E-state index contributed by atoms with van der Waals surface area (Å²) in [6.07, 6.45) is 1.04. The average molecular weight is 199 g/mol. The molecule has 0 saturated carbocycles. The van der Waals surface area contributed by atoms with Gasteiger partial charge in [0.2, 0.25) is 0 Å². The maximum atomic E-state index is 8.85. The molecule has 1 aromatic heterocycles. The van der Waals surface area contributed by atoms with Gasteiger partial charge >= 0.3 is 0 Å². The first kappa shape index (κ1) is 10.7. The van der Waals surface area contributed by atoms with E-state index in [1.54, 1.807) is 11.3 Å². The maximum absolute atomic E-state index is 8.85. The van der Waals surface area contributed by atoms with Gasteiger partial charge in [-0.1, -0.05) is 0 Å². The Bertz CT molecular complexity index is 223. The van der Waals surface area contributed by atoms with Gasteiger partial charge in [-0.15, -0.1) is 0 Å². The molecule has 1 heterocycles. The van der Waals surface area contributed by atoms with E-state index in [1.807, 2.05) is 6.92 Å². The van der Waals surface area contributed by atoms with E-state index in [-0.39, 0.29) is 12.6 Å². The third-order valence-corrected chi connectivity index (χ3v) is 2.70. The lowest BCUT2D eigenvalue weighted by Gasteiger charge is -2.17. The SMILES string of the molecule is CC(Cc1ccsc1)N[C@@H](C)CO. The van der Waals surface area contributed by atoms with Crippen LogP contribution in [0.2, 0.25) is 0 Å². The van der Waals surface area contributed by atoms with Gasteiger partial charge in [-0.25, -0.2) is 0 Å². The molecule has 0 saturated heterocycles. The lowest BCUT2D eigenvalue weighted by Crippen LogP contribution is -2.37. The molecule has 2 nitrogen and oxygen atoms in total. The Morgan fingerprint density at radius 1 is 1.46 bits per heavy atom. The number of aliphatic hydroxyl groups is 1. The molecule has 0 aromatic carbocycles. The van der Waals surface area contributed by atoms with Crippen LogP contribution in [0.1, 0.15) is 19.4 Å². The third-order valence-electron chi connectivity index (χ3n) is 1.96. The van der Waals surface area contributed by atoms with Crippen molar-refractivity contribution in [3.05, 3.63) is 22.4 Å². The molecule has 0 bridgehead atoms. The molecule has 0 aliphatic carbocycles. The van der Waals surface area contributed by atoms with Gasteiger partial charge in [-0.3, -0.25) is 0 Å². The summed E-state index contributed by atoms with van der Waals surface area (Å²) < 4.78 is 0. The molecule has 0 aliphatic heterocycles. The number of hydrogen-bond acceptors (Lipinski definition) is 3. The Balaban J connectivity index is 2.29. The minimum Gasteiger partial charge on any atom is -0.395 e. The van der Waals surface area contributed by atoms with Crippen LogP contribution in [0.4, 0.5) is 0 Å². The van der Waals surface area contributed by atoms with Crippen molar-refractivity contribution in [3.63, 3.8) is 0 Å². The summed E-state index contributed by atoms with van der Waals surface area (Å²) in [6, 6.07) is 2.76. The van der Waals surface area contributed by atoms with Gasteiger partial charge in [0.25, 0.3) is 0 Å². The van der Waals surface area contributed by atoms with Crippen LogP contribution in [0.15, 0.2) is 16.8 Å². The first-order valence-electron chi connectivity index (χ1n) is 4.60. The molecule has 1 aromatic rings. The second-order valence-electron chi connectivity index (χ2n) is 3.49. The summed E-state index contributed by atoms with van der Waals surface area (Å²) >= 11 is 1.73. The lowest BCUT2D eigenvalue weighted by molar-refractivity contribution is 0.242. The molecule has 0 spiro atoms. The van der Waals surface area contributed by atoms with E-state index in [2.05, 4.69) is 29.1 Å². The van der Waals surface area contributed by atoms with Crippen molar-refractivity contribution < 1.29 is 5.11 Å². The van der Waals surface area contributed by atoms with Gasteiger partial charge < -0.3 is 10.4 Å². The van der Waals surface area contributed by atoms with Gasteiger partial charge in [0, 0.05) is 12.1 Å². The molecule has 0 aliphatic rings. The first-order valence-corrected chi connectivity index (χ1v) is 5.54. The number of hydrogen-bond donors (Lipinski definition) is 2. The van der Waals surface area contributed by atoms with Crippen molar-refractivity contribution >= 4 is 11.3 Å². The summed E-state index contributed by atoms with van der Waals surface area (Å²) in [4.78, 5) is 0. The van der Waals surface area contributed by atoms with Crippen molar-refractivity contribution in [1.29, 1.82) is 0 Å². The molecule has 3 heteroatoms. The summed E-state index contributed by atoms with van der Waals surface area (Å²) in [5.74, 6) is 0. The minimum atomic E-state index is 0.189. The lowest BCUT2D eigenvalue weighted by atomic mass is 10.1. The predicted octanol–water partition coefficient (Wildman–Crippen LogP) is 1.65. The maximum Gasteiger partial charge on any atom is 0.0582 e. The molecule has 13 heavy (non-hydrogen) atoms. The Morgan fingerprint density at radius 3 is 2.77 bits per heavy atom. The van der Waals surface area contributed by atoms with E-state index in [0.29, 0.717) is 6.04 Å². The van der Waals surface area contributed by atoms with Crippen molar-refractivity contribution in [2.24, 2.45) is 0 Å². The Hall–Kier alpha value is -0.380. The Labute approximate surface area is 83.6 Å². The van der Waals surface area contributed by atoms with E-state index < -0.39 is 0 Å². The van der Waals surface area contributed by atoms with Crippen LogP contribution in [0.5, 0.6) is 0 Å². The van der Waals surface area contributed by atoms with E-state index in [9.17, 15) is 0 Å². The summed E-state index contributed by atoms with van der Waals surface area (Å²) in [7, 11) is 0. The van der Waals surface area contributed by atoms with Crippen LogP contribution in [0.3, 0.4) is 0 Å². The van der Waals surface area contributed by atoms with E-state index >= 15 is 0 Å². The van der Waals surface area contributed by atoms with Gasteiger partial charge in [0.15, 0.2) is 0 Å². The van der Waals surface area contributed by atoms with Crippen LogP contribution in [-0.2, 0) is 6.42 Å². The zero-order valence-electron chi connectivity index (χ0n) is 8.16. The Morgan fingerprint density at radius 2 is 2.23 bits per heavy atom. The van der Waals surface area contributed by atoms with Crippen molar-refractivity contribution in [2.45, 2.75) is 32.4 Å². The summed E-state index contributed by atoms with van der Waals surface area (Å²) in [5.41, 5.74) is 1.37. The highest BCUT2D eigenvalue weighted by atomic mass is 32.1. The average Bonchev–Trinajstić information content (AvgIpc) is 2.56. The quantitative estimate of drug-likeness (QED) is 0.756. The number of rotatable bonds is 5. The third kappa shape index (κ3) is 3.89. The predicted molar refractivity (Wildman–Crippen MR) is 57.2 cm³/mol. The fourth-order valence-electron chi connectivity index (χ4n) is 1.36. The molecule has 2 N–H and O–H groups in total. The minimum absolute atomic E-state index is 0.189. The van der Waals surface area contributed by atoms with Crippen LogP contribution in [0.25, 0.3) is 0 Å². The second-order valence-corrected chi connectivity index (χ2v) is 4.27. The molecular weight excluding hydrogens is 182 g/mol. The molecule has 0 radical (unpaired) electrons. The van der Waals surface area contributed by atoms with Gasteiger partial charge in [0.1, 0.15) is 0 Å². The first-order chi connectivity index (χ1) is 6.22. The van der Waals surface area contributed by atoms with Crippen LogP contribution >= 0.6 is 11.3 Å². The topological polar surface area (TPSA) is 32.3 Å². The smallest absolute Gasteiger partial charge is 0.0582 e. The van der Waals surface area contributed by atoms with E-state index in [0.717, 1.165) is 6.42 Å². The zero-order chi connectivity index (χ0) is 9.68. The van der Waals surface area contributed by atoms with Gasteiger partial charge in [0.05, 0.1) is 6.61 Å². The molecule has 2 atom stereocenters. The summed E-state index contributed by atoms with van der Waals surface area (Å²) in [6.45, 7) is 4.34. The normalized spacial score (nSPS) is 15.6. The largest absolute Gasteiger partial charge is 0.395 e. The van der Waals surface area contributed by atoms with Crippen LogP contribution in [-0.4, -0.2) is 23.8 Å². The van der Waals surface area contributed by atoms with Gasteiger partial charge in [-0.05, 0) is 42.7 Å². The summed E-state index contributed by atoms with van der Waals surface area (Å²) in [5, 5.41) is 16.4. The van der Waals surface area contributed by atoms with Crippen LogP contribution in [0, 0.1) is 0 Å². The van der Waals surface area contributed by atoms with Crippen LogP contribution < -0.4 is 5.32 Å². The fourth-order valence-corrected chi connectivity index (χ4v) is 2.04. The number of thiophene rings is 1. The molecule has 74 valence electrons. The molecule has 1 unspecified atom stereocenters. The monoisotopic (exact) mass is 199 g/mol. The van der Waals surface area contributed by atoms with Crippen molar-refractivity contribution in [2.75, 3.05) is 6.61 Å². The Kier molecular flexibility index (Phi) is 4.42. The standard InChI is InChI=1S/C10H17NOS/c1-8(11-9(2)6-12)5-10-3-4-13-7-10/h3-4,7-9,11-12H,5-6H2,1-2H3/t8?,9-/m0/s1. The van der Waals surface area contributed by atoms with E-state index in [1.165, 1.54) is 5.56 Å². The highest BCUT2D eigenvalue weighted by Gasteiger charge is 2.06. The number of aliphatic hydroxyl groups excluding tert-OH is 1. The zero-order valence-corrected chi connectivity index (χ0v) is 8.97. The molecule has 0 fully saturated rings. The van der Waals surface area contributed by atoms with Crippen molar-refractivity contribution in [3.8, 4) is 0 Å². The van der Waals surface area contributed by atoms with Crippen molar-refractivity contribution in [1.82, 2.24) is 5.32 Å². The molecule has 1 rings (SSSR count). The molecule has 0 amide bonds. The number of nitrogens with one attached hydrogen (secondary N) is 1. The van der Waals surface area contributed by atoms with Gasteiger partial charge in [-0.2, -0.15) is 11.3 Å². The second kappa shape index (κ2) is 5.37. The molecular formula is C10H17NOS. The highest BCUT2D eigenvalue weighted by molar-refractivity contribution is 7.07.